The molecule has 0 radical (unpaired) electrons. The summed E-state index contributed by atoms with van der Waals surface area (Å²) in [6.07, 6.45) is 4.11. The summed E-state index contributed by atoms with van der Waals surface area (Å²) in [6.45, 7) is 0. The summed E-state index contributed by atoms with van der Waals surface area (Å²) in [5.41, 5.74) is 2.73. The zero-order valence-corrected chi connectivity index (χ0v) is 8.20. The quantitative estimate of drug-likeness (QED) is 0.659. The first-order valence-electron chi connectivity index (χ1n) is 5.44. The first-order valence-corrected chi connectivity index (χ1v) is 5.44. The first-order chi connectivity index (χ1) is 6.84. The van der Waals surface area contributed by atoms with Crippen LogP contribution in [0.15, 0.2) is 24.3 Å². The number of carbonyl (C=O) groups is 1. The molecule has 3 rings (SSSR count). The molecule has 1 saturated carbocycles. The molecule has 1 aromatic rings. The van der Waals surface area contributed by atoms with Crippen LogP contribution in [0.5, 0.6) is 0 Å². The van der Waals surface area contributed by atoms with Gasteiger partial charge in [-0.2, -0.15) is 0 Å². The van der Waals surface area contributed by atoms with E-state index in [0.717, 1.165) is 12.3 Å². The van der Waals surface area contributed by atoms with Crippen LogP contribution < -0.4 is 0 Å². The fourth-order valence-electron chi connectivity index (χ4n) is 2.62. The summed E-state index contributed by atoms with van der Waals surface area (Å²) in [5.74, 6) is 1.79. The van der Waals surface area contributed by atoms with Gasteiger partial charge in [0.2, 0.25) is 0 Å². The number of Topliss-reactive ketones (excluding diaryl/α,β-unsaturated/α-hetero) is 1. The average Bonchev–Trinajstić information content (AvgIpc) is 2.99. The van der Waals surface area contributed by atoms with Crippen molar-refractivity contribution < 1.29 is 4.79 Å². The smallest absolute Gasteiger partial charge is 0.137 e. The highest BCUT2D eigenvalue weighted by atomic mass is 16.1. The van der Waals surface area contributed by atoms with E-state index < -0.39 is 0 Å². The molecule has 1 unspecified atom stereocenters. The van der Waals surface area contributed by atoms with E-state index in [2.05, 4.69) is 18.2 Å². The van der Waals surface area contributed by atoms with Crippen molar-refractivity contribution in [3.8, 4) is 0 Å². The predicted molar refractivity (Wildman–Crippen MR) is 55.2 cm³/mol. The fourth-order valence-corrected chi connectivity index (χ4v) is 2.62. The van der Waals surface area contributed by atoms with Gasteiger partial charge in [-0.15, -0.1) is 0 Å². The summed E-state index contributed by atoms with van der Waals surface area (Å²) in [7, 11) is 0. The summed E-state index contributed by atoms with van der Waals surface area (Å²) in [4.78, 5) is 11.6. The minimum absolute atomic E-state index is 0.431. The van der Waals surface area contributed by atoms with Crippen LogP contribution in [0.4, 0.5) is 0 Å². The average molecular weight is 186 g/mol. The normalized spacial score (nSPS) is 26.0. The lowest BCUT2D eigenvalue weighted by Crippen LogP contribution is -2.19. The highest BCUT2D eigenvalue weighted by molar-refractivity contribution is 5.84. The van der Waals surface area contributed by atoms with E-state index in [0.29, 0.717) is 18.1 Å². The highest BCUT2D eigenvalue weighted by Crippen LogP contribution is 2.47. The van der Waals surface area contributed by atoms with Gasteiger partial charge in [-0.25, -0.2) is 0 Å². The SMILES string of the molecule is O=C1Cc2ccccc2C(C2CC2)C1. The summed E-state index contributed by atoms with van der Waals surface area (Å²) >= 11 is 0. The van der Waals surface area contributed by atoms with Crippen molar-refractivity contribution in [1.29, 1.82) is 0 Å². The Morgan fingerprint density at radius 2 is 1.93 bits per heavy atom. The van der Waals surface area contributed by atoms with Gasteiger partial charge in [-0.05, 0) is 35.8 Å². The highest BCUT2D eigenvalue weighted by Gasteiger charge is 2.36. The molecule has 0 aliphatic heterocycles. The van der Waals surface area contributed by atoms with Gasteiger partial charge in [0, 0.05) is 12.8 Å². The molecule has 0 saturated heterocycles. The Balaban J connectivity index is 2.04. The third-order valence-electron chi connectivity index (χ3n) is 3.48. The van der Waals surface area contributed by atoms with Crippen LogP contribution in [0, 0.1) is 5.92 Å². The number of hydrogen-bond donors (Lipinski definition) is 0. The Labute approximate surface area is 84.1 Å². The van der Waals surface area contributed by atoms with E-state index in [1.54, 1.807) is 0 Å². The van der Waals surface area contributed by atoms with E-state index in [4.69, 9.17) is 0 Å². The molecule has 14 heavy (non-hydrogen) atoms. The molecule has 0 bridgehead atoms. The van der Waals surface area contributed by atoms with Gasteiger partial charge in [0.1, 0.15) is 5.78 Å². The molecular weight excluding hydrogens is 172 g/mol. The Hall–Kier alpha value is -1.11. The molecule has 1 heteroatoms. The van der Waals surface area contributed by atoms with E-state index in [-0.39, 0.29) is 0 Å². The standard InChI is InChI=1S/C13H14O/c14-11-7-10-3-1-2-4-12(10)13(8-11)9-5-6-9/h1-4,9,13H,5-8H2. The van der Waals surface area contributed by atoms with Gasteiger partial charge in [0.05, 0.1) is 0 Å². The van der Waals surface area contributed by atoms with Gasteiger partial charge in [0.15, 0.2) is 0 Å². The van der Waals surface area contributed by atoms with E-state index in [9.17, 15) is 4.79 Å². The van der Waals surface area contributed by atoms with Gasteiger partial charge in [0.25, 0.3) is 0 Å². The van der Waals surface area contributed by atoms with Crippen molar-refractivity contribution >= 4 is 5.78 Å². The number of fused-ring (bicyclic) bond motifs is 1. The molecule has 0 N–H and O–H groups in total. The number of carbonyl (C=O) groups excluding carboxylic acids is 1. The monoisotopic (exact) mass is 186 g/mol. The number of hydrogen-bond acceptors (Lipinski definition) is 1. The Morgan fingerprint density at radius 1 is 1.14 bits per heavy atom. The lowest BCUT2D eigenvalue weighted by Gasteiger charge is -2.24. The lowest BCUT2D eigenvalue weighted by molar-refractivity contribution is -0.119. The fraction of sp³-hybridized carbons (Fsp3) is 0.462. The maximum Gasteiger partial charge on any atom is 0.137 e. The van der Waals surface area contributed by atoms with Crippen LogP contribution in [0.1, 0.15) is 36.3 Å². The molecule has 1 fully saturated rings. The second-order valence-corrected chi connectivity index (χ2v) is 4.56. The largest absolute Gasteiger partial charge is 0.299 e. The molecule has 2 aliphatic carbocycles. The van der Waals surface area contributed by atoms with Crippen molar-refractivity contribution in [3.05, 3.63) is 35.4 Å². The maximum atomic E-state index is 11.6. The molecule has 72 valence electrons. The molecular formula is C13H14O. The molecule has 1 aromatic carbocycles. The van der Waals surface area contributed by atoms with Crippen LogP contribution in [-0.2, 0) is 11.2 Å². The lowest BCUT2D eigenvalue weighted by atomic mass is 9.79. The van der Waals surface area contributed by atoms with Gasteiger partial charge >= 0.3 is 0 Å². The van der Waals surface area contributed by atoms with Crippen LogP contribution in [0.3, 0.4) is 0 Å². The zero-order chi connectivity index (χ0) is 9.54. The first kappa shape index (κ1) is 8.22. The third-order valence-corrected chi connectivity index (χ3v) is 3.48. The topological polar surface area (TPSA) is 17.1 Å². The van der Waals surface area contributed by atoms with Crippen LogP contribution in [-0.4, -0.2) is 5.78 Å². The van der Waals surface area contributed by atoms with Crippen molar-refractivity contribution in [2.24, 2.45) is 5.92 Å². The Bertz CT molecular complexity index is 377. The van der Waals surface area contributed by atoms with Crippen molar-refractivity contribution in [2.75, 3.05) is 0 Å². The van der Waals surface area contributed by atoms with Gasteiger partial charge < -0.3 is 0 Å². The minimum atomic E-state index is 0.431. The molecule has 2 aliphatic rings. The second-order valence-electron chi connectivity index (χ2n) is 4.56. The van der Waals surface area contributed by atoms with E-state index >= 15 is 0 Å². The summed E-state index contributed by atoms with van der Waals surface area (Å²) in [6, 6.07) is 8.47. The van der Waals surface area contributed by atoms with Crippen LogP contribution in [0.2, 0.25) is 0 Å². The van der Waals surface area contributed by atoms with Gasteiger partial charge in [-0.1, -0.05) is 24.3 Å². The Kier molecular flexibility index (Phi) is 1.73. The van der Waals surface area contributed by atoms with E-state index in [1.807, 2.05) is 6.07 Å². The second kappa shape index (κ2) is 2.94. The summed E-state index contributed by atoms with van der Waals surface area (Å²) in [5, 5.41) is 0. The number of rotatable bonds is 1. The number of ketones is 1. The van der Waals surface area contributed by atoms with E-state index in [1.165, 1.54) is 24.0 Å². The van der Waals surface area contributed by atoms with Crippen LogP contribution in [0.25, 0.3) is 0 Å². The Morgan fingerprint density at radius 3 is 2.71 bits per heavy atom. The van der Waals surface area contributed by atoms with Crippen molar-refractivity contribution in [2.45, 2.75) is 31.6 Å². The van der Waals surface area contributed by atoms with Crippen molar-refractivity contribution in [3.63, 3.8) is 0 Å². The molecule has 0 spiro atoms. The van der Waals surface area contributed by atoms with Crippen LogP contribution >= 0.6 is 0 Å². The molecule has 1 nitrogen and oxygen atoms in total. The molecule has 0 aromatic heterocycles. The molecule has 0 amide bonds. The maximum absolute atomic E-state index is 11.6. The van der Waals surface area contributed by atoms with Crippen molar-refractivity contribution in [1.82, 2.24) is 0 Å². The molecule has 0 heterocycles. The molecule has 1 atom stereocenters. The van der Waals surface area contributed by atoms with Gasteiger partial charge in [-0.3, -0.25) is 4.79 Å². The summed E-state index contributed by atoms with van der Waals surface area (Å²) < 4.78 is 0. The predicted octanol–water partition coefficient (Wildman–Crippen LogP) is 2.70. The third kappa shape index (κ3) is 1.28. The number of benzene rings is 1. The zero-order valence-electron chi connectivity index (χ0n) is 8.20. The minimum Gasteiger partial charge on any atom is -0.299 e.